The molecule has 0 fully saturated rings. The summed E-state index contributed by atoms with van der Waals surface area (Å²) in [7, 11) is 0. The fourth-order valence-electron chi connectivity index (χ4n) is 1.96. The first kappa shape index (κ1) is 15.1. The van der Waals surface area contributed by atoms with E-state index in [0.717, 1.165) is 5.56 Å². The van der Waals surface area contributed by atoms with E-state index in [2.05, 4.69) is 10.9 Å². The molecule has 1 aliphatic rings. The Balaban J connectivity index is 1.55. The monoisotopic (exact) mass is 330 g/mol. The van der Waals surface area contributed by atoms with Gasteiger partial charge in [-0.1, -0.05) is 12.1 Å². The summed E-state index contributed by atoms with van der Waals surface area (Å²) in [5.74, 6) is 0.580. The Morgan fingerprint density at radius 1 is 1.09 bits per heavy atom. The number of hydrogen-bond acceptors (Lipinski definition) is 5. The molecule has 0 aliphatic carbocycles. The Morgan fingerprint density at radius 3 is 2.70 bits per heavy atom. The third kappa shape index (κ3) is 3.89. The van der Waals surface area contributed by atoms with E-state index < -0.39 is 5.91 Å². The Labute approximate surface area is 136 Å². The summed E-state index contributed by atoms with van der Waals surface area (Å²) >= 11 is 1.30. The van der Waals surface area contributed by atoms with Gasteiger partial charge in [-0.3, -0.25) is 20.4 Å². The molecule has 6 nitrogen and oxygen atoms in total. The summed E-state index contributed by atoms with van der Waals surface area (Å²) in [4.78, 5) is 23.9. The summed E-state index contributed by atoms with van der Waals surface area (Å²) in [6.07, 6.45) is 2.96. The predicted molar refractivity (Wildman–Crippen MR) is 86.4 cm³/mol. The van der Waals surface area contributed by atoms with Gasteiger partial charge >= 0.3 is 0 Å². The van der Waals surface area contributed by atoms with Crippen LogP contribution in [0.3, 0.4) is 0 Å². The van der Waals surface area contributed by atoms with Gasteiger partial charge in [-0.15, -0.1) is 11.3 Å². The van der Waals surface area contributed by atoms with Crippen molar-refractivity contribution in [3.63, 3.8) is 0 Å². The highest BCUT2D eigenvalue weighted by Crippen LogP contribution is 2.30. The van der Waals surface area contributed by atoms with E-state index in [0.29, 0.717) is 29.6 Å². The lowest BCUT2D eigenvalue weighted by Crippen LogP contribution is -2.40. The summed E-state index contributed by atoms with van der Waals surface area (Å²) in [5, 5.41) is 1.79. The molecule has 23 heavy (non-hydrogen) atoms. The zero-order chi connectivity index (χ0) is 16.1. The van der Waals surface area contributed by atoms with Gasteiger partial charge in [0, 0.05) is 6.08 Å². The van der Waals surface area contributed by atoms with Crippen LogP contribution in [0.1, 0.15) is 15.2 Å². The van der Waals surface area contributed by atoms with Gasteiger partial charge in [0.2, 0.25) is 0 Å². The van der Waals surface area contributed by atoms with Gasteiger partial charge in [-0.25, -0.2) is 0 Å². The summed E-state index contributed by atoms with van der Waals surface area (Å²) < 4.78 is 10.9. The van der Waals surface area contributed by atoms with Gasteiger partial charge in [0.05, 0.1) is 4.88 Å². The average molecular weight is 330 g/mol. The fourth-order valence-corrected chi connectivity index (χ4v) is 2.58. The lowest BCUT2D eigenvalue weighted by molar-refractivity contribution is -0.117. The molecule has 0 unspecified atom stereocenters. The number of benzene rings is 1. The minimum atomic E-state index is -0.426. The van der Waals surface area contributed by atoms with Crippen LogP contribution in [-0.4, -0.2) is 25.0 Å². The minimum Gasteiger partial charge on any atom is -0.486 e. The minimum absolute atomic E-state index is 0.346. The molecule has 1 aromatic heterocycles. The molecule has 1 aromatic carbocycles. The largest absolute Gasteiger partial charge is 0.486 e. The highest BCUT2D eigenvalue weighted by molar-refractivity contribution is 7.12. The first-order valence-corrected chi connectivity index (χ1v) is 7.82. The van der Waals surface area contributed by atoms with Crippen molar-refractivity contribution in [3.8, 4) is 11.5 Å². The van der Waals surface area contributed by atoms with Crippen LogP contribution in [0.2, 0.25) is 0 Å². The van der Waals surface area contributed by atoms with Crippen molar-refractivity contribution in [2.75, 3.05) is 13.2 Å². The Bertz CT molecular complexity index is 741. The van der Waals surface area contributed by atoms with E-state index in [-0.39, 0.29) is 5.91 Å². The van der Waals surface area contributed by atoms with Crippen LogP contribution in [0.15, 0.2) is 41.8 Å². The topological polar surface area (TPSA) is 76.7 Å². The highest BCUT2D eigenvalue weighted by atomic mass is 32.1. The molecule has 2 heterocycles. The molecule has 0 spiro atoms. The number of amides is 2. The maximum atomic E-state index is 11.7. The maximum Gasteiger partial charge on any atom is 0.279 e. The lowest BCUT2D eigenvalue weighted by atomic mass is 10.2. The summed E-state index contributed by atoms with van der Waals surface area (Å²) in [6, 6.07) is 8.86. The second-order valence-electron chi connectivity index (χ2n) is 4.66. The van der Waals surface area contributed by atoms with Crippen molar-refractivity contribution in [3.05, 3.63) is 52.2 Å². The molecule has 2 N–H and O–H groups in total. The maximum absolute atomic E-state index is 11.7. The predicted octanol–water partition coefficient (Wildman–Crippen LogP) is 1.99. The zero-order valence-electron chi connectivity index (χ0n) is 12.1. The Morgan fingerprint density at radius 2 is 1.91 bits per heavy atom. The molecule has 3 rings (SSSR count). The molecule has 2 aromatic rings. The quantitative estimate of drug-likeness (QED) is 0.666. The highest BCUT2D eigenvalue weighted by Gasteiger charge is 2.11. The van der Waals surface area contributed by atoms with Crippen molar-refractivity contribution in [2.45, 2.75) is 0 Å². The van der Waals surface area contributed by atoms with E-state index in [9.17, 15) is 9.59 Å². The molecular formula is C16H14N2O4S. The second kappa shape index (κ2) is 6.97. The molecule has 0 saturated carbocycles. The molecule has 0 radical (unpaired) electrons. The number of nitrogens with one attached hydrogen (secondary N) is 2. The van der Waals surface area contributed by atoms with Crippen LogP contribution in [-0.2, 0) is 4.79 Å². The van der Waals surface area contributed by atoms with Crippen molar-refractivity contribution in [2.24, 2.45) is 0 Å². The first-order chi connectivity index (χ1) is 11.2. The van der Waals surface area contributed by atoms with Crippen LogP contribution in [0.4, 0.5) is 0 Å². The van der Waals surface area contributed by atoms with Crippen molar-refractivity contribution >= 4 is 29.2 Å². The number of fused-ring (bicyclic) bond motifs is 1. The molecule has 0 atom stereocenters. The van der Waals surface area contributed by atoms with Gasteiger partial charge < -0.3 is 9.47 Å². The van der Waals surface area contributed by atoms with E-state index in [1.54, 1.807) is 35.7 Å². The number of hydrogen-bond donors (Lipinski definition) is 2. The lowest BCUT2D eigenvalue weighted by Gasteiger charge is -2.18. The van der Waals surface area contributed by atoms with Gasteiger partial charge in [0.1, 0.15) is 13.2 Å². The first-order valence-electron chi connectivity index (χ1n) is 6.94. The SMILES string of the molecule is O=C(/C=C/c1ccc2c(c1)OCCO2)NNC(=O)c1cccs1. The molecular weight excluding hydrogens is 316 g/mol. The number of ether oxygens (including phenoxy) is 2. The number of thiophene rings is 1. The number of hydrazine groups is 1. The van der Waals surface area contributed by atoms with E-state index in [1.165, 1.54) is 17.4 Å². The zero-order valence-corrected chi connectivity index (χ0v) is 12.9. The van der Waals surface area contributed by atoms with E-state index in [1.807, 2.05) is 6.07 Å². The Hall–Kier alpha value is -2.80. The molecule has 0 saturated heterocycles. The molecule has 118 valence electrons. The molecule has 1 aliphatic heterocycles. The molecule has 7 heteroatoms. The number of rotatable bonds is 3. The third-order valence-corrected chi connectivity index (χ3v) is 3.91. The number of carbonyl (C=O) groups excluding carboxylic acids is 2. The third-order valence-electron chi connectivity index (χ3n) is 3.04. The normalized spacial score (nSPS) is 12.9. The van der Waals surface area contributed by atoms with Crippen LogP contribution >= 0.6 is 11.3 Å². The van der Waals surface area contributed by atoms with Gasteiger partial charge in [-0.05, 0) is 35.2 Å². The summed E-state index contributed by atoms with van der Waals surface area (Å²) in [6.45, 7) is 1.05. The van der Waals surface area contributed by atoms with Gasteiger partial charge in [0.15, 0.2) is 11.5 Å². The Kier molecular flexibility index (Phi) is 4.58. The number of carbonyl (C=O) groups is 2. The van der Waals surface area contributed by atoms with Crippen molar-refractivity contribution < 1.29 is 19.1 Å². The standard InChI is InChI=1S/C16H14N2O4S/c19-15(17-18-16(20)14-2-1-9-23-14)6-4-11-3-5-12-13(10-11)22-8-7-21-12/h1-6,9-10H,7-8H2,(H,17,19)(H,18,20)/b6-4+. The smallest absolute Gasteiger partial charge is 0.279 e. The van der Waals surface area contributed by atoms with Gasteiger partial charge in [0.25, 0.3) is 11.8 Å². The van der Waals surface area contributed by atoms with Crippen LogP contribution in [0.5, 0.6) is 11.5 Å². The van der Waals surface area contributed by atoms with E-state index in [4.69, 9.17) is 9.47 Å². The molecule has 2 amide bonds. The van der Waals surface area contributed by atoms with Crippen LogP contribution in [0.25, 0.3) is 6.08 Å². The van der Waals surface area contributed by atoms with E-state index >= 15 is 0 Å². The average Bonchev–Trinajstić information content (AvgIpc) is 3.12. The second-order valence-corrected chi connectivity index (χ2v) is 5.60. The van der Waals surface area contributed by atoms with Crippen molar-refractivity contribution in [1.82, 2.24) is 10.9 Å². The van der Waals surface area contributed by atoms with Crippen molar-refractivity contribution in [1.29, 1.82) is 0 Å². The van der Waals surface area contributed by atoms with Gasteiger partial charge in [-0.2, -0.15) is 0 Å². The fraction of sp³-hybridized carbons (Fsp3) is 0.125. The molecule has 0 bridgehead atoms. The van der Waals surface area contributed by atoms with Crippen LogP contribution < -0.4 is 20.3 Å². The summed E-state index contributed by atoms with van der Waals surface area (Å²) in [5.41, 5.74) is 5.48. The van der Waals surface area contributed by atoms with Crippen LogP contribution in [0, 0.1) is 0 Å².